The molecule has 1 fully saturated rings. The smallest absolute Gasteiger partial charge is 0.0695 e. The Morgan fingerprint density at radius 2 is 2.24 bits per heavy atom. The van der Waals surface area contributed by atoms with Crippen LogP contribution in [0.15, 0.2) is 24.5 Å². The first-order valence-corrected chi connectivity index (χ1v) is 6.54. The Balaban J connectivity index is 1.82. The molecule has 0 spiro atoms. The molecular formula is C14H22N2O. The maximum atomic E-state index is 9.98. The standard InChI is InChI=1S/C14H22N2O/c1-16(13-6-2-3-7-14(13)17)10-8-12-5-4-9-15-11-12/h4-5,9,11,13-14,17H,2-3,6-8,10H2,1H3. The highest BCUT2D eigenvalue weighted by Crippen LogP contribution is 2.22. The summed E-state index contributed by atoms with van der Waals surface area (Å²) in [6.07, 6.45) is 9.11. The Labute approximate surface area is 103 Å². The van der Waals surface area contributed by atoms with E-state index in [1.165, 1.54) is 18.4 Å². The number of hydrogen-bond acceptors (Lipinski definition) is 3. The van der Waals surface area contributed by atoms with Crippen LogP contribution in [0.1, 0.15) is 31.2 Å². The first-order chi connectivity index (χ1) is 8.27. The summed E-state index contributed by atoms with van der Waals surface area (Å²) < 4.78 is 0. The van der Waals surface area contributed by atoms with E-state index in [-0.39, 0.29) is 6.10 Å². The molecular weight excluding hydrogens is 212 g/mol. The molecule has 0 amide bonds. The highest BCUT2D eigenvalue weighted by Gasteiger charge is 2.25. The van der Waals surface area contributed by atoms with Gasteiger partial charge in [-0.3, -0.25) is 4.98 Å². The fraction of sp³-hybridized carbons (Fsp3) is 0.643. The Kier molecular flexibility index (Phi) is 4.51. The highest BCUT2D eigenvalue weighted by molar-refractivity contribution is 5.08. The lowest BCUT2D eigenvalue weighted by atomic mass is 9.91. The van der Waals surface area contributed by atoms with Crippen LogP contribution in [0.25, 0.3) is 0 Å². The lowest BCUT2D eigenvalue weighted by Gasteiger charge is -2.35. The third-order valence-corrected chi connectivity index (χ3v) is 3.74. The number of nitrogens with zero attached hydrogens (tertiary/aromatic N) is 2. The maximum absolute atomic E-state index is 9.98. The minimum atomic E-state index is -0.136. The molecule has 1 saturated carbocycles. The van der Waals surface area contributed by atoms with Gasteiger partial charge in [-0.1, -0.05) is 18.9 Å². The normalized spacial score (nSPS) is 25.1. The van der Waals surface area contributed by atoms with Crippen LogP contribution in [0.2, 0.25) is 0 Å². The molecule has 1 aromatic heterocycles. The zero-order valence-electron chi connectivity index (χ0n) is 10.5. The Morgan fingerprint density at radius 1 is 1.41 bits per heavy atom. The van der Waals surface area contributed by atoms with Gasteiger partial charge in [0.2, 0.25) is 0 Å². The van der Waals surface area contributed by atoms with Crippen molar-refractivity contribution in [3.8, 4) is 0 Å². The van der Waals surface area contributed by atoms with Crippen molar-refractivity contribution in [1.82, 2.24) is 9.88 Å². The van der Waals surface area contributed by atoms with E-state index in [2.05, 4.69) is 23.0 Å². The third-order valence-electron chi connectivity index (χ3n) is 3.74. The Morgan fingerprint density at radius 3 is 2.94 bits per heavy atom. The average molecular weight is 234 g/mol. The Bertz CT molecular complexity index is 328. The summed E-state index contributed by atoms with van der Waals surface area (Å²) in [5.74, 6) is 0. The van der Waals surface area contributed by atoms with Gasteiger partial charge in [-0.2, -0.15) is 0 Å². The second-order valence-electron chi connectivity index (χ2n) is 5.01. The van der Waals surface area contributed by atoms with Gasteiger partial charge in [-0.25, -0.2) is 0 Å². The van der Waals surface area contributed by atoms with Crippen molar-refractivity contribution in [2.45, 2.75) is 44.2 Å². The average Bonchev–Trinajstić information content (AvgIpc) is 2.38. The Hall–Kier alpha value is -0.930. The number of aliphatic hydroxyl groups is 1. The van der Waals surface area contributed by atoms with Gasteiger partial charge < -0.3 is 10.0 Å². The fourth-order valence-electron chi connectivity index (χ4n) is 2.62. The third kappa shape index (κ3) is 3.51. The lowest BCUT2D eigenvalue weighted by Crippen LogP contribution is -2.44. The molecule has 1 N–H and O–H groups in total. The molecule has 0 radical (unpaired) electrons. The minimum Gasteiger partial charge on any atom is -0.391 e. The molecule has 0 bridgehead atoms. The van der Waals surface area contributed by atoms with Gasteiger partial charge in [0.05, 0.1) is 6.10 Å². The van der Waals surface area contributed by atoms with Gasteiger partial charge in [-0.05, 0) is 37.9 Å². The quantitative estimate of drug-likeness (QED) is 0.864. The van der Waals surface area contributed by atoms with Gasteiger partial charge in [-0.15, -0.1) is 0 Å². The molecule has 17 heavy (non-hydrogen) atoms. The summed E-state index contributed by atoms with van der Waals surface area (Å²) in [6.45, 7) is 0.993. The van der Waals surface area contributed by atoms with Crippen molar-refractivity contribution in [3.63, 3.8) is 0 Å². The van der Waals surface area contributed by atoms with Gasteiger partial charge in [0.25, 0.3) is 0 Å². The maximum Gasteiger partial charge on any atom is 0.0695 e. The molecule has 2 unspecified atom stereocenters. The molecule has 3 nitrogen and oxygen atoms in total. The SMILES string of the molecule is CN(CCc1cccnc1)C1CCCCC1O. The van der Waals surface area contributed by atoms with E-state index >= 15 is 0 Å². The van der Waals surface area contributed by atoms with Gasteiger partial charge in [0, 0.05) is 25.0 Å². The van der Waals surface area contributed by atoms with Gasteiger partial charge in [0.15, 0.2) is 0 Å². The van der Waals surface area contributed by atoms with Crippen LogP contribution in [0.3, 0.4) is 0 Å². The molecule has 0 aliphatic heterocycles. The summed E-state index contributed by atoms with van der Waals surface area (Å²) >= 11 is 0. The van der Waals surface area contributed by atoms with Crippen molar-refractivity contribution in [2.24, 2.45) is 0 Å². The molecule has 1 aromatic rings. The van der Waals surface area contributed by atoms with Crippen LogP contribution in [0.5, 0.6) is 0 Å². The number of aromatic nitrogens is 1. The molecule has 3 heteroatoms. The van der Waals surface area contributed by atoms with E-state index in [0.717, 1.165) is 25.8 Å². The van der Waals surface area contributed by atoms with Crippen LogP contribution in [0.4, 0.5) is 0 Å². The molecule has 1 aliphatic carbocycles. The second-order valence-corrected chi connectivity index (χ2v) is 5.01. The first-order valence-electron chi connectivity index (χ1n) is 6.54. The van der Waals surface area contributed by atoms with Crippen LogP contribution in [0, 0.1) is 0 Å². The number of aliphatic hydroxyl groups excluding tert-OH is 1. The second kappa shape index (κ2) is 6.12. The van der Waals surface area contributed by atoms with E-state index < -0.39 is 0 Å². The van der Waals surface area contributed by atoms with Crippen molar-refractivity contribution >= 4 is 0 Å². The zero-order valence-corrected chi connectivity index (χ0v) is 10.5. The summed E-state index contributed by atoms with van der Waals surface area (Å²) in [5.41, 5.74) is 1.27. The van der Waals surface area contributed by atoms with Crippen LogP contribution in [-0.2, 0) is 6.42 Å². The molecule has 94 valence electrons. The number of hydrogen-bond donors (Lipinski definition) is 1. The lowest BCUT2D eigenvalue weighted by molar-refractivity contribution is 0.0327. The van der Waals surface area contributed by atoms with Gasteiger partial charge >= 0.3 is 0 Å². The van der Waals surface area contributed by atoms with Gasteiger partial charge in [0.1, 0.15) is 0 Å². The van der Waals surface area contributed by atoms with Crippen LogP contribution < -0.4 is 0 Å². The summed E-state index contributed by atoms with van der Waals surface area (Å²) in [6, 6.07) is 4.43. The first kappa shape index (κ1) is 12.5. The van der Waals surface area contributed by atoms with E-state index in [9.17, 15) is 5.11 Å². The molecule has 1 aliphatic rings. The molecule has 1 heterocycles. The fourth-order valence-corrected chi connectivity index (χ4v) is 2.62. The van der Waals surface area contributed by atoms with Crippen molar-refractivity contribution in [2.75, 3.05) is 13.6 Å². The summed E-state index contributed by atoms with van der Waals surface area (Å²) in [7, 11) is 2.12. The largest absolute Gasteiger partial charge is 0.391 e. The number of likely N-dealkylation sites (N-methyl/N-ethyl adjacent to an activating group) is 1. The highest BCUT2D eigenvalue weighted by atomic mass is 16.3. The number of pyridine rings is 1. The molecule has 0 aromatic carbocycles. The predicted octanol–water partition coefficient (Wildman–Crippen LogP) is 1.86. The zero-order chi connectivity index (χ0) is 12.1. The van der Waals surface area contributed by atoms with Crippen LogP contribution >= 0.6 is 0 Å². The van der Waals surface area contributed by atoms with Crippen molar-refractivity contribution in [1.29, 1.82) is 0 Å². The monoisotopic (exact) mass is 234 g/mol. The van der Waals surface area contributed by atoms with Crippen molar-refractivity contribution in [3.05, 3.63) is 30.1 Å². The molecule has 2 atom stereocenters. The van der Waals surface area contributed by atoms with E-state index in [1.54, 1.807) is 6.20 Å². The van der Waals surface area contributed by atoms with Crippen molar-refractivity contribution < 1.29 is 5.11 Å². The van der Waals surface area contributed by atoms with Crippen LogP contribution in [-0.4, -0.2) is 40.7 Å². The molecule has 0 saturated heterocycles. The minimum absolute atomic E-state index is 0.136. The van der Waals surface area contributed by atoms with E-state index in [0.29, 0.717) is 6.04 Å². The topological polar surface area (TPSA) is 36.4 Å². The number of rotatable bonds is 4. The van der Waals surface area contributed by atoms with E-state index in [1.807, 2.05) is 12.3 Å². The molecule has 2 rings (SSSR count). The predicted molar refractivity (Wildman–Crippen MR) is 68.8 cm³/mol. The summed E-state index contributed by atoms with van der Waals surface area (Å²) in [5, 5.41) is 9.98. The van der Waals surface area contributed by atoms with E-state index in [4.69, 9.17) is 0 Å². The summed E-state index contributed by atoms with van der Waals surface area (Å²) in [4.78, 5) is 6.42.